The lowest BCUT2D eigenvalue weighted by Crippen LogP contribution is -2.05. The minimum absolute atomic E-state index is 0.249. The highest BCUT2D eigenvalue weighted by atomic mass is 79.9. The average Bonchev–Trinajstić information content (AvgIpc) is 2.32. The third-order valence-electron chi connectivity index (χ3n) is 2.30. The molecule has 0 aliphatic carbocycles. The molecule has 0 aliphatic heterocycles. The van der Waals surface area contributed by atoms with E-state index in [0.29, 0.717) is 21.8 Å². The highest BCUT2D eigenvalue weighted by Crippen LogP contribution is 2.29. The zero-order chi connectivity index (χ0) is 13.8. The Bertz CT molecular complexity index is 575. The fourth-order valence-corrected chi connectivity index (χ4v) is 2.21. The van der Waals surface area contributed by atoms with Crippen molar-refractivity contribution < 1.29 is 9.13 Å². The van der Waals surface area contributed by atoms with Gasteiger partial charge in [0.15, 0.2) is 0 Å². The second-order valence-electron chi connectivity index (χ2n) is 3.87. The lowest BCUT2D eigenvalue weighted by atomic mass is 10.3. The van der Waals surface area contributed by atoms with E-state index in [9.17, 15) is 4.39 Å². The maximum Gasteiger partial charge on any atom is 0.238 e. The van der Waals surface area contributed by atoms with Crippen molar-refractivity contribution in [2.24, 2.45) is 0 Å². The van der Waals surface area contributed by atoms with Crippen LogP contribution in [0.5, 0.6) is 11.6 Å². The molecule has 2 aromatic rings. The standard InChI is InChI=1S/C13H11BrClFN2O/c1-17-6-8-2-12(15)13(18-7-8)19-11-4-9(14)3-10(16)5-11/h2-5,7,17H,6H2,1H3. The van der Waals surface area contributed by atoms with Gasteiger partial charge in [-0.05, 0) is 30.8 Å². The first-order valence-electron chi connectivity index (χ1n) is 5.51. The summed E-state index contributed by atoms with van der Waals surface area (Å²) in [5.74, 6) is 0.189. The molecule has 19 heavy (non-hydrogen) atoms. The molecule has 0 bridgehead atoms. The molecule has 0 fully saturated rings. The van der Waals surface area contributed by atoms with E-state index < -0.39 is 5.82 Å². The second-order valence-corrected chi connectivity index (χ2v) is 5.19. The predicted octanol–water partition coefficient (Wildman–Crippen LogP) is 4.15. The van der Waals surface area contributed by atoms with Crippen LogP contribution in [0.3, 0.4) is 0 Å². The summed E-state index contributed by atoms with van der Waals surface area (Å²) in [6.07, 6.45) is 1.66. The van der Waals surface area contributed by atoms with Gasteiger partial charge in [-0.15, -0.1) is 0 Å². The lowest BCUT2D eigenvalue weighted by Gasteiger charge is -2.08. The molecule has 1 heterocycles. The van der Waals surface area contributed by atoms with Crippen LogP contribution in [0.4, 0.5) is 4.39 Å². The van der Waals surface area contributed by atoms with Crippen molar-refractivity contribution in [1.82, 2.24) is 10.3 Å². The van der Waals surface area contributed by atoms with Crippen molar-refractivity contribution in [2.45, 2.75) is 6.54 Å². The maximum absolute atomic E-state index is 13.2. The van der Waals surface area contributed by atoms with E-state index in [1.165, 1.54) is 12.1 Å². The minimum Gasteiger partial charge on any atom is -0.437 e. The SMILES string of the molecule is CNCc1cnc(Oc2cc(F)cc(Br)c2)c(Cl)c1. The van der Waals surface area contributed by atoms with Gasteiger partial charge in [-0.2, -0.15) is 0 Å². The fraction of sp³-hybridized carbons (Fsp3) is 0.154. The summed E-state index contributed by atoms with van der Waals surface area (Å²) in [4.78, 5) is 4.12. The summed E-state index contributed by atoms with van der Waals surface area (Å²) < 4.78 is 19.3. The first-order chi connectivity index (χ1) is 9.08. The molecule has 0 aliphatic rings. The number of ether oxygens (including phenoxy) is 1. The molecule has 1 aromatic carbocycles. The Labute approximate surface area is 123 Å². The minimum atomic E-state index is -0.396. The average molecular weight is 346 g/mol. The zero-order valence-electron chi connectivity index (χ0n) is 10.1. The first kappa shape index (κ1) is 14.2. The second kappa shape index (κ2) is 6.32. The van der Waals surface area contributed by atoms with Crippen LogP contribution in [0.1, 0.15) is 5.56 Å². The Morgan fingerprint density at radius 3 is 2.79 bits per heavy atom. The third-order valence-corrected chi connectivity index (χ3v) is 3.02. The number of pyridine rings is 1. The quantitative estimate of drug-likeness (QED) is 0.904. The Hall–Kier alpha value is -1.17. The van der Waals surface area contributed by atoms with Crippen molar-refractivity contribution in [3.8, 4) is 11.6 Å². The number of hydrogen-bond donors (Lipinski definition) is 1. The Morgan fingerprint density at radius 1 is 1.37 bits per heavy atom. The van der Waals surface area contributed by atoms with Gasteiger partial charge in [0, 0.05) is 23.3 Å². The molecule has 0 spiro atoms. The summed E-state index contributed by atoms with van der Waals surface area (Å²) in [5, 5.41) is 3.38. The van der Waals surface area contributed by atoms with Gasteiger partial charge in [0.25, 0.3) is 0 Å². The summed E-state index contributed by atoms with van der Waals surface area (Å²) in [6.45, 7) is 0.665. The van der Waals surface area contributed by atoms with Gasteiger partial charge >= 0.3 is 0 Å². The summed E-state index contributed by atoms with van der Waals surface area (Å²) in [6, 6.07) is 6.01. The van der Waals surface area contributed by atoms with E-state index in [1.54, 1.807) is 18.3 Å². The zero-order valence-corrected chi connectivity index (χ0v) is 12.4. The highest BCUT2D eigenvalue weighted by molar-refractivity contribution is 9.10. The molecule has 6 heteroatoms. The van der Waals surface area contributed by atoms with E-state index >= 15 is 0 Å². The molecule has 0 amide bonds. The van der Waals surface area contributed by atoms with Gasteiger partial charge in [-0.3, -0.25) is 0 Å². The Kier molecular flexibility index (Phi) is 4.74. The van der Waals surface area contributed by atoms with Gasteiger partial charge in [0.1, 0.15) is 16.6 Å². The van der Waals surface area contributed by atoms with Gasteiger partial charge in [-0.25, -0.2) is 9.37 Å². The lowest BCUT2D eigenvalue weighted by molar-refractivity contribution is 0.457. The Morgan fingerprint density at radius 2 is 2.16 bits per heavy atom. The summed E-state index contributed by atoms with van der Waals surface area (Å²) in [7, 11) is 1.84. The molecule has 100 valence electrons. The van der Waals surface area contributed by atoms with Crippen LogP contribution in [0.15, 0.2) is 34.9 Å². The van der Waals surface area contributed by atoms with Crippen LogP contribution < -0.4 is 10.1 Å². The van der Waals surface area contributed by atoms with Gasteiger partial charge in [0.2, 0.25) is 5.88 Å². The van der Waals surface area contributed by atoms with Gasteiger partial charge in [-0.1, -0.05) is 27.5 Å². The van der Waals surface area contributed by atoms with Gasteiger partial charge < -0.3 is 10.1 Å². The molecule has 0 radical (unpaired) electrons. The number of rotatable bonds is 4. The fourth-order valence-electron chi connectivity index (χ4n) is 1.54. The molecular formula is C13H11BrClFN2O. The normalized spacial score (nSPS) is 10.5. The molecule has 3 nitrogen and oxygen atoms in total. The number of halogens is 3. The van der Waals surface area contributed by atoms with Crippen molar-refractivity contribution >= 4 is 27.5 Å². The van der Waals surface area contributed by atoms with E-state index in [4.69, 9.17) is 16.3 Å². The molecule has 0 atom stereocenters. The van der Waals surface area contributed by atoms with Crippen LogP contribution in [0, 0.1) is 5.82 Å². The van der Waals surface area contributed by atoms with Crippen molar-refractivity contribution in [1.29, 1.82) is 0 Å². The third kappa shape index (κ3) is 3.89. The van der Waals surface area contributed by atoms with Crippen molar-refractivity contribution in [3.63, 3.8) is 0 Å². The number of benzene rings is 1. The molecule has 1 aromatic heterocycles. The van der Waals surface area contributed by atoms with Crippen LogP contribution in [0.25, 0.3) is 0 Å². The van der Waals surface area contributed by atoms with E-state index in [2.05, 4.69) is 26.2 Å². The first-order valence-corrected chi connectivity index (χ1v) is 6.68. The molecule has 0 saturated heterocycles. The molecule has 0 saturated carbocycles. The molecule has 1 N–H and O–H groups in total. The summed E-state index contributed by atoms with van der Waals surface area (Å²) in [5.41, 5.74) is 0.945. The van der Waals surface area contributed by atoms with Crippen LogP contribution in [-0.4, -0.2) is 12.0 Å². The maximum atomic E-state index is 13.2. The number of nitrogens with zero attached hydrogens (tertiary/aromatic N) is 1. The Balaban J connectivity index is 2.23. The number of hydrogen-bond acceptors (Lipinski definition) is 3. The van der Waals surface area contributed by atoms with Gasteiger partial charge in [0.05, 0.1) is 0 Å². The van der Waals surface area contributed by atoms with Crippen LogP contribution >= 0.6 is 27.5 Å². The van der Waals surface area contributed by atoms with Crippen LogP contribution in [-0.2, 0) is 6.54 Å². The van der Waals surface area contributed by atoms with Crippen molar-refractivity contribution in [3.05, 3.63) is 51.3 Å². The smallest absolute Gasteiger partial charge is 0.238 e. The molecule has 0 unspecified atom stereocenters. The number of aromatic nitrogens is 1. The van der Waals surface area contributed by atoms with Crippen LogP contribution in [0.2, 0.25) is 5.02 Å². The van der Waals surface area contributed by atoms with E-state index in [0.717, 1.165) is 5.56 Å². The van der Waals surface area contributed by atoms with Crippen molar-refractivity contribution in [2.75, 3.05) is 7.05 Å². The highest BCUT2D eigenvalue weighted by Gasteiger charge is 2.08. The summed E-state index contributed by atoms with van der Waals surface area (Å²) >= 11 is 9.27. The molecule has 2 rings (SSSR count). The largest absolute Gasteiger partial charge is 0.437 e. The number of nitrogens with one attached hydrogen (secondary N) is 1. The topological polar surface area (TPSA) is 34.2 Å². The molecular weight excluding hydrogens is 335 g/mol. The van der Waals surface area contributed by atoms with E-state index in [-0.39, 0.29) is 5.88 Å². The predicted molar refractivity (Wildman–Crippen MR) is 76.2 cm³/mol. The van der Waals surface area contributed by atoms with E-state index in [1.807, 2.05) is 7.05 Å². The monoisotopic (exact) mass is 344 g/mol.